The number of anilines is 1. The summed E-state index contributed by atoms with van der Waals surface area (Å²) in [6.45, 7) is 5.47. The van der Waals surface area contributed by atoms with E-state index in [4.69, 9.17) is 0 Å². The zero-order chi connectivity index (χ0) is 20.3. The minimum Gasteiger partial charge on any atom is -0.319 e. The number of aromatic nitrogens is 4. The number of rotatable bonds is 6. The summed E-state index contributed by atoms with van der Waals surface area (Å²) in [7, 11) is 0. The third-order valence-electron chi connectivity index (χ3n) is 3.97. The number of tetrazole rings is 1. The molecule has 1 amide bonds. The molecule has 3 aromatic rings. The molecule has 0 saturated carbocycles. The minimum atomic E-state index is -0.499. The van der Waals surface area contributed by atoms with E-state index in [2.05, 4.69) is 20.8 Å². The minimum absolute atomic E-state index is 0.0106. The van der Waals surface area contributed by atoms with Gasteiger partial charge in [0.25, 0.3) is 5.69 Å². The average molecular weight is 398 g/mol. The van der Waals surface area contributed by atoms with Gasteiger partial charge in [-0.15, -0.1) is 5.10 Å². The van der Waals surface area contributed by atoms with E-state index < -0.39 is 4.92 Å². The van der Waals surface area contributed by atoms with Crippen LogP contribution in [0.2, 0.25) is 0 Å². The molecule has 3 rings (SSSR count). The molecule has 0 spiro atoms. The summed E-state index contributed by atoms with van der Waals surface area (Å²) in [6, 6.07) is 10.9. The molecule has 0 aliphatic rings. The quantitative estimate of drug-likeness (QED) is 0.385. The highest BCUT2D eigenvalue weighted by Gasteiger charge is 2.20. The molecule has 28 heavy (non-hydrogen) atoms. The van der Waals surface area contributed by atoms with Gasteiger partial charge in [-0.2, -0.15) is 4.68 Å². The first-order chi connectivity index (χ1) is 13.3. The van der Waals surface area contributed by atoms with Crippen molar-refractivity contribution in [2.45, 2.75) is 25.9 Å². The SMILES string of the molecule is Cc1ccc(-n2nnnc2SCC(=O)Nc2c(C)cc(C)cc2[N+](=O)[O-])cc1. The van der Waals surface area contributed by atoms with Crippen LogP contribution in [0.4, 0.5) is 11.4 Å². The Balaban J connectivity index is 1.72. The van der Waals surface area contributed by atoms with Gasteiger partial charge in [-0.05, 0) is 54.5 Å². The normalized spacial score (nSPS) is 10.7. The van der Waals surface area contributed by atoms with Crippen LogP contribution in [0.3, 0.4) is 0 Å². The highest BCUT2D eigenvalue weighted by Crippen LogP contribution is 2.30. The maximum atomic E-state index is 12.4. The fourth-order valence-electron chi connectivity index (χ4n) is 2.67. The van der Waals surface area contributed by atoms with E-state index in [0.29, 0.717) is 10.7 Å². The molecule has 0 atom stereocenters. The number of aryl methyl sites for hydroxylation is 3. The third-order valence-corrected chi connectivity index (χ3v) is 4.89. The molecule has 0 aliphatic carbocycles. The number of hydrogen-bond donors (Lipinski definition) is 1. The number of nitrogens with one attached hydrogen (secondary N) is 1. The number of amides is 1. The Morgan fingerprint density at radius 1 is 1.18 bits per heavy atom. The van der Waals surface area contributed by atoms with Gasteiger partial charge >= 0.3 is 0 Å². The van der Waals surface area contributed by atoms with E-state index in [-0.39, 0.29) is 23.0 Å². The van der Waals surface area contributed by atoms with Crippen LogP contribution < -0.4 is 5.32 Å². The second kappa shape index (κ2) is 8.17. The number of carbonyl (C=O) groups is 1. The van der Waals surface area contributed by atoms with Gasteiger partial charge < -0.3 is 5.32 Å². The molecule has 0 bridgehead atoms. The van der Waals surface area contributed by atoms with Crippen LogP contribution in [0.15, 0.2) is 41.6 Å². The van der Waals surface area contributed by atoms with Crippen molar-refractivity contribution in [2.75, 3.05) is 11.1 Å². The van der Waals surface area contributed by atoms with Gasteiger partial charge in [0, 0.05) is 6.07 Å². The summed E-state index contributed by atoms with van der Waals surface area (Å²) >= 11 is 1.15. The Labute approximate surface area is 165 Å². The molecule has 0 saturated heterocycles. The van der Waals surface area contributed by atoms with Crippen molar-refractivity contribution in [3.63, 3.8) is 0 Å². The predicted octanol–water partition coefficient (Wildman–Crippen LogP) is 3.23. The van der Waals surface area contributed by atoms with Crippen molar-refractivity contribution in [1.82, 2.24) is 20.2 Å². The maximum Gasteiger partial charge on any atom is 0.293 e. The summed E-state index contributed by atoms with van der Waals surface area (Å²) in [5.41, 5.74) is 3.37. The molecule has 2 aromatic carbocycles. The summed E-state index contributed by atoms with van der Waals surface area (Å²) in [5, 5.41) is 26.0. The molecule has 9 nitrogen and oxygen atoms in total. The van der Waals surface area contributed by atoms with E-state index in [1.165, 1.54) is 10.7 Å². The molecule has 10 heteroatoms. The van der Waals surface area contributed by atoms with Gasteiger partial charge in [0.05, 0.1) is 16.4 Å². The van der Waals surface area contributed by atoms with Crippen molar-refractivity contribution < 1.29 is 9.72 Å². The Kier molecular flexibility index (Phi) is 5.69. The molecule has 0 fully saturated rings. The fraction of sp³-hybridized carbons (Fsp3) is 0.222. The van der Waals surface area contributed by atoms with Gasteiger partial charge in [-0.3, -0.25) is 14.9 Å². The number of thioether (sulfide) groups is 1. The van der Waals surface area contributed by atoms with Gasteiger partial charge in [0.1, 0.15) is 5.69 Å². The Morgan fingerprint density at radius 2 is 1.89 bits per heavy atom. The Hall–Kier alpha value is -3.27. The first kappa shape index (κ1) is 19.5. The van der Waals surface area contributed by atoms with Crippen LogP contribution in [-0.4, -0.2) is 36.8 Å². The van der Waals surface area contributed by atoms with E-state index in [0.717, 1.165) is 28.6 Å². The topological polar surface area (TPSA) is 116 Å². The highest BCUT2D eigenvalue weighted by atomic mass is 32.2. The molecule has 144 valence electrons. The second-order valence-electron chi connectivity index (χ2n) is 6.28. The Morgan fingerprint density at radius 3 is 2.57 bits per heavy atom. The molecule has 1 heterocycles. The maximum absolute atomic E-state index is 12.4. The molecule has 0 aliphatic heterocycles. The van der Waals surface area contributed by atoms with Crippen LogP contribution >= 0.6 is 11.8 Å². The average Bonchev–Trinajstić information content (AvgIpc) is 3.11. The molecule has 1 aromatic heterocycles. The lowest BCUT2D eigenvalue weighted by Crippen LogP contribution is -2.16. The number of nitro benzene ring substituents is 1. The van der Waals surface area contributed by atoms with Gasteiger partial charge in [-0.25, -0.2) is 0 Å². The number of benzene rings is 2. The summed E-state index contributed by atoms with van der Waals surface area (Å²) in [4.78, 5) is 23.2. The molecule has 1 N–H and O–H groups in total. The van der Waals surface area contributed by atoms with E-state index in [9.17, 15) is 14.9 Å². The van der Waals surface area contributed by atoms with Gasteiger partial charge in [0.2, 0.25) is 11.1 Å². The first-order valence-electron chi connectivity index (χ1n) is 8.39. The van der Waals surface area contributed by atoms with Crippen molar-refractivity contribution in [3.05, 3.63) is 63.2 Å². The monoisotopic (exact) mass is 398 g/mol. The third kappa shape index (κ3) is 4.34. The Bertz CT molecular complexity index is 1030. The van der Waals surface area contributed by atoms with Crippen LogP contribution in [0.1, 0.15) is 16.7 Å². The van der Waals surface area contributed by atoms with Crippen molar-refractivity contribution in [2.24, 2.45) is 0 Å². The zero-order valence-corrected chi connectivity index (χ0v) is 16.4. The fourth-order valence-corrected chi connectivity index (χ4v) is 3.37. The largest absolute Gasteiger partial charge is 0.319 e. The lowest BCUT2D eigenvalue weighted by atomic mass is 10.1. The second-order valence-corrected chi connectivity index (χ2v) is 7.22. The summed E-state index contributed by atoms with van der Waals surface area (Å²) in [5.74, 6) is -0.366. The zero-order valence-electron chi connectivity index (χ0n) is 15.5. The summed E-state index contributed by atoms with van der Waals surface area (Å²) < 4.78 is 1.54. The molecular formula is C18H18N6O3S. The molecular weight excluding hydrogens is 380 g/mol. The van der Waals surface area contributed by atoms with Crippen LogP contribution in [0, 0.1) is 30.9 Å². The summed E-state index contributed by atoms with van der Waals surface area (Å²) in [6.07, 6.45) is 0. The van der Waals surface area contributed by atoms with Crippen LogP contribution in [-0.2, 0) is 4.79 Å². The van der Waals surface area contributed by atoms with Crippen molar-refractivity contribution in [3.8, 4) is 5.69 Å². The van der Waals surface area contributed by atoms with Crippen molar-refractivity contribution >= 4 is 29.0 Å². The van der Waals surface area contributed by atoms with Gasteiger partial charge in [-0.1, -0.05) is 35.5 Å². The van der Waals surface area contributed by atoms with Gasteiger partial charge in [0.15, 0.2) is 0 Å². The first-order valence-corrected chi connectivity index (χ1v) is 9.37. The number of nitrogens with zero attached hydrogens (tertiary/aromatic N) is 5. The van der Waals surface area contributed by atoms with E-state index in [1.807, 2.05) is 31.2 Å². The number of nitro groups is 1. The lowest BCUT2D eigenvalue weighted by molar-refractivity contribution is -0.384. The number of hydrogen-bond acceptors (Lipinski definition) is 7. The lowest BCUT2D eigenvalue weighted by Gasteiger charge is -2.10. The molecule has 0 unspecified atom stereocenters. The predicted molar refractivity (Wildman–Crippen MR) is 106 cm³/mol. The van der Waals surface area contributed by atoms with Crippen LogP contribution in [0.5, 0.6) is 0 Å². The van der Waals surface area contributed by atoms with E-state index >= 15 is 0 Å². The highest BCUT2D eigenvalue weighted by molar-refractivity contribution is 7.99. The standard InChI is InChI=1S/C18H18N6O3S/c1-11-4-6-14(7-5-11)23-18(20-21-22-23)28-10-16(25)19-17-13(3)8-12(2)9-15(17)24(26)27/h4-9H,10H2,1-3H3,(H,19,25). The number of carbonyl (C=O) groups excluding carboxylic acids is 1. The smallest absolute Gasteiger partial charge is 0.293 e. The van der Waals surface area contributed by atoms with E-state index in [1.54, 1.807) is 19.9 Å². The molecule has 0 radical (unpaired) electrons. The van der Waals surface area contributed by atoms with Crippen molar-refractivity contribution in [1.29, 1.82) is 0 Å². The van der Waals surface area contributed by atoms with Crippen LogP contribution in [0.25, 0.3) is 5.69 Å².